The van der Waals surface area contributed by atoms with Crippen molar-refractivity contribution in [2.75, 3.05) is 21.1 Å². The summed E-state index contributed by atoms with van der Waals surface area (Å²) in [5, 5.41) is 0. The Labute approximate surface area is 162 Å². The van der Waals surface area contributed by atoms with E-state index in [0.717, 1.165) is 0 Å². The minimum atomic E-state index is -0.0176. The molecule has 0 fully saturated rings. The van der Waals surface area contributed by atoms with Crippen molar-refractivity contribution in [2.45, 2.75) is 19.3 Å². The lowest BCUT2D eigenvalue weighted by Crippen LogP contribution is -3.00. The van der Waals surface area contributed by atoms with Crippen LogP contribution in [0, 0.1) is 0 Å². The first-order valence-corrected chi connectivity index (χ1v) is 8.08. The van der Waals surface area contributed by atoms with E-state index < -0.39 is 0 Å². The van der Waals surface area contributed by atoms with Crippen molar-refractivity contribution in [1.82, 2.24) is 4.90 Å². The molecule has 0 radical (unpaired) electrons. The Morgan fingerprint density at radius 2 is 1.54 bits per heavy atom. The van der Waals surface area contributed by atoms with Gasteiger partial charge in [0.25, 0.3) is 0 Å². The Morgan fingerprint density at radius 1 is 0.958 bits per heavy atom. The van der Waals surface area contributed by atoms with Crippen LogP contribution in [-0.4, -0.2) is 36.3 Å². The van der Waals surface area contributed by atoms with Crippen molar-refractivity contribution < 1.29 is 28.6 Å². The van der Waals surface area contributed by atoms with Gasteiger partial charge in [-0.15, -0.1) is 0 Å². The van der Waals surface area contributed by atoms with Crippen molar-refractivity contribution in [1.29, 1.82) is 0 Å². The Hall–Kier alpha value is -1.62. The molecule has 0 saturated carbocycles. The molecule has 0 bridgehead atoms. The molecule has 24 heavy (non-hydrogen) atoms. The largest absolute Gasteiger partial charge is 1.00 e. The summed E-state index contributed by atoms with van der Waals surface area (Å²) in [6.07, 6.45) is 2.28. The van der Waals surface area contributed by atoms with E-state index in [1.54, 1.807) is 0 Å². The van der Waals surface area contributed by atoms with Crippen LogP contribution >= 0.6 is 0 Å². The molecule has 1 aliphatic heterocycles. The average Bonchev–Trinajstić information content (AvgIpc) is 2.73. The predicted octanol–water partition coefficient (Wildman–Crippen LogP) is 1.30. The Morgan fingerprint density at radius 3 is 2.12 bits per heavy atom. The molecule has 0 amide bonds. The highest BCUT2D eigenvalue weighted by Crippen LogP contribution is 2.41. The second-order valence-electron chi connectivity index (χ2n) is 6.88. The summed E-state index contributed by atoms with van der Waals surface area (Å²) in [7, 11) is 6.41. The fourth-order valence-electron chi connectivity index (χ4n) is 3.57. The smallest absolute Gasteiger partial charge is 0.215 e. The molecular weight excluding hydrogens is 407 g/mol. The number of halogens is 1. The van der Waals surface area contributed by atoms with Gasteiger partial charge >= 0.3 is 0 Å². The molecule has 126 valence electrons. The first kappa shape index (κ1) is 18.7. The van der Waals surface area contributed by atoms with E-state index in [4.69, 9.17) is 0 Å². The molecule has 2 aromatic carbocycles. The van der Waals surface area contributed by atoms with Crippen LogP contribution in [0.1, 0.15) is 25.0 Å². The van der Waals surface area contributed by atoms with Crippen molar-refractivity contribution in [3.05, 3.63) is 71.4 Å². The monoisotopic (exact) mass is 432 g/mol. The van der Waals surface area contributed by atoms with Crippen LogP contribution in [0.2, 0.25) is 0 Å². The molecule has 2 nitrogen and oxygen atoms in total. The highest BCUT2D eigenvalue weighted by atomic mass is 127. The summed E-state index contributed by atoms with van der Waals surface area (Å²) in [5.74, 6) is 0. The lowest BCUT2D eigenvalue weighted by atomic mass is 9.80. The van der Waals surface area contributed by atoms with E-state index in [-0.39, 0.29) is 29.4 Å². The van der Waals surface area contributed by atoms with E-state index >= 15 is 0 Å². The molecular formula is C21H25IN2. The molecule has 0 aromatic heterocycles. The van der Waals surface area contributed by atoms with E-state index in [0.29, 0.717) is 0 Å². The quantitative estimate of drug-likeness (QED) is 0.524. The molecule has 0 spiro atoms. The van der Waals surface area contributed by atoms with Gasteiger partial charge in [-0.3, -0.25) is 0 Å². The lowest BCUT2D eigenvalue weighted by molar-refractivity contribution is -0.402. The predicted molar refractivity (Wildman–Crippen MR) is 98.4 cm³/mol. The fraction of sp³-hybridized carbons (Fsp3) is 0.286. The fourth-order valence-corrected chi connectivity index (χ4v) is 3.57. The average molecular weight is 432 g/mol. The summed E-state index contributed by atoms with van der Waals surface area (Å²) in [4.78, 5) is 2.21. The number of allylic oxidation sites excluding steroid dienone is 1. The molecule has 0 saturated heterocycles. The summed E-state index contributed by atoms with van der Waals surface area (Å²) >= 11 is 0. The van der Waals surface area contributed by atoms with Gasteiger partial charge in [0.2, 0.25) is 11.4 Å². The summed E-state index contributed by atoms with van der Waals surface area (Å²) < 4.78 is 2.34. The van der Waals surface area contributed by atoms with Crippen LogP contribution in [0.4, 0.5) is 5.69 Å². The number of fused-ring (bicyclic) bond motifs is 1. The number of nitrogens with zero attached hydrogens (tertiary/aromatic N) is 2. The Kier molecular flexibility index (Phi) is 5.53. The maximum Gasteiger partial charge on any atom is 0.215 e. The van der Waals surface area contributed by atoms with Crippen LogP contribution in [0.25, 0.3) is 6.08 Å². The number of hydrogen-bond acceptors (Lipinski definition) is 1. The minimum absolute atomic E-state index is 0. The molecule has 0 aliphatic carbocycles. The zero-order valence-electron chi connectivity index (χ0n) is 15.0. The maximum atomic E-state index is 2.34. The van der Waals surface area contributed by atoms with Crippen LogP contribution in [0.15, 0.2) is 60.3 Å². The molecule has 0 N–H and O–H groups in total. The Bertz CT molecular complexity index is 786. The second kappa shape index (κ2) is 7.09. The molecule has 3 rings (SSSR count). The second-order valence-corrected chi connectivity index (χ2v) is 6.88. The van der Waals surface area contributed by atoms with Crippen molar-refractivity contribution in [3.8, 4) is 0 Å². The van der Waals surface area contributed by atoms with Crippen molar-refractivity contribution in [2.24, 2.45) is 0 Å². The molecule has 3 heteroatoms. The third kappa shape index (κ3) is 3.14. The molecule has 1 aliphatic rings. The van der Waals surface area contributed by atoms with Gasteiger partial charge in [0.05, 0.1) is 5.41 Å². The number of hydrogen-bond donors (Lipinski definition) is 0. The van der Waals surface area contributed by atoms with Crippen molar-refractivity contribution in [3.63, 3.8) is 0 Å². The van der Waals surface area contributed by atoms with Gasteiger partial charge in [0.15, 0.2) is 0 Å². The van der Waals surface area contributed by atoms with Crippen LogP contribution in [-0.2, 0) is 5.41 Å². The van der Waals surface area contributed by atoms with Gasteiger partial charge in [-0.2, -0.15) is 4.58 Å². The van der Waals surface area contributed by atoms with E-state index in [9.17, 15) is 0 Å². The molecule has 0 atom stereocenters. The normalized spacial score (nSPS) is 15.8. The van der Waals surface area contributed by atoms with Gasteiger partial charge in [-0.05, 0) is 25.5 Å². The van der Waals surface area contributed by atoms with E-state index in [1.165, 1.54) is 28.2 Å². The number of para-hydroxylation sites is 1. The highest BCUT2D eigenvalue weighted by Gasteiger charge is 2.46. The molecule has 1 heterocycles. The van der Waals surface area contributed by atoms with Crippen LogP contribution < -0.4 is 24.0 Å². The van der Waals surface area contributed by atoms with Gasteiger partial charge in [0.1, 0.15) is 12.7 Å². The first-order valence-electron chi connectivity index (χ1n) is 8.08. The molecule has 0 unspecified atom stereocenters. The third-order valence-electron chi connectivity index (χ3n) is 4.69. The SMILES string of the molecule is CN(C)C(=Cc1ccccc1)C1=[N+](C)c2ccccc2C1(C)C.[I-]. The van der Waals surface area contributed by atoms with Crippen LogP contribution in [0.5, 0.6) is 0 Å². The van der Waals surface area contributed by atoms with Crippen LogP contribution in [0.3, 0.4) is 0 Å². The lowest BCUT2D eigenvalue weighted by Gasteiger charge is -2.24. The zero-order valence-corrected chi connectivity index (χ0v) is 17.2. The number of rotatable bonds is 3. The highest BCUT2D eigenvalue weighted by molar-refractivity contribution is 6.09. The molecule has 2 aromatic rings. The van der Waals surface area contributed by atoms with Crippen molar-refractivity contribution >= 4 is 17.5 Å². The summed E-state index contributed by atoms with van der Waals surface area (Å²) in [5.41, 5.74) is 6.49. The maximum absolute atomic E-state index is 2.34. The zero-order chi connectivity index (χ0) is 16.6. The third-order valence-corrected chi connectivity index (χ3v) is 4.69. The van der Waals surface area contributed by atoms with Gasteiger partial charge in [0, 0.05) is 25.7 Å². The van der Waals surface area contributed by atoms with Gasteiger partial charge < -0.3 is 28.9 Å². The van der Waals surface area contributed by atoms with E-state index in [1.807, 2.05) is 0 Å². The Balaban J connectivity index is 0.00000208. The van der Waals surface area contributed by atoms with E-state index in [2.05, 4.69) is 105 Å². The van der Waals surface area contributed by atoms with Gasteiger partial charge in [-0.25, -0.2) is 0 Å². The summed E-state index contributed by atoms with van der Waals surface area (Å²) in [6.45, 7) is 4.62. The van der Waals surface area contributed by atoms with Gasteiger partial charge in [-0.1, -0.05) is 48.5 Å². The minimum Gasteiger partial charge on any atom is -1.00 e. The topological polar surface area (TPSA) is 6.25 Å². The number of benzene rings is 2. The standard InChI is InChI=1S/C21H25N2.HI/c1-21(2)17-13-9-10-14-18(17)23(5)20(21)19(22(3)4)15-16-11-7-6-8-12-16;/h6-15H,1-5H3;1H/q+1;/p-1. The first-order chi connectivity index (χ1) is 10.9. The summed E-state index contributed by atoms with van der Waals surface area (Å²) in [6, 6.07) is 19.2.